The molecule has 2 fully saturated rings. The number of carbonyl (C=O) groups is 2. The van der Waals surface area contributed by atoms with Gasteiger partial charge in [0.1, 0.15) is 12.1 Å². The number of halogens is 1. The maximum atomic E-state index is 13.0. The maximum absolute atomic E-state index is 13.0. The molecule has 2 amide bonds. The summed E-state index contributed by atoms with van der Waals surface area (Å²) >= 11 is 0. The number of nitrogens with zero attached hydrogens (tertiary/aromatic N) is 3. The van der Waals surface area contributed by atoms with Crippen LogP contribution in [0.1, 0.15) is 31.4 Å². The molecule has 3 heterocycles. The summed E-state index contributed by atoms with van der Waals surface area (Å²) in [6.07, 6.45) is 5.16. The average Bonchev–Trinajstić information content (AvgIpc) is 3.38. The topological polar surface area (TPSA) is 92.7 Å². The van der Waals surface area contributed by atoms with E-state index in [1.54, 1.807) is 12.1 Å². The monoisotopic (exact) mass is 400 g/mol. The molecule has 2 N–H and O–H groups in total. The third-order valence-corrected chi connectivity index (χ3v) is 5.88. The smallest absolute Gasteiger partial charge is 0.234 e. The first-order chi connectivity index (χ1) is 14.0. The minimum atomic E-state index is -0.324. The Morgan fingerprint density at radius 2 is 1.86 bits per heavy atom. The molecule has 1 aromatic carbocycles. The first-order valence-corrected chi connectivity index (χ1v) is 10.0. The summed E-state index contributed by atoms with van der Waals surface area (Å²) in [5, 5.41) is 0. The fourth-order valence-electron chi connectivity index (χ4n) is 4.36. The van der Waals surface area contributed by atoms with Crippen molar-refractivity contribution in [2.75, 3.05) is 19.6 Å². The van der Waals surface area contributed by atoms with Crippen molar-refractivity contribution in [3.05, 3.63) is 42.0 Å². The summed E-state index contributed by atoms with van der Waals surface area (Å²) < 4.78 is 18.5. The summed E-state index contributed by atoms with van der Waals surface area (Å²) in [6.45, 7) is 2.22. The van der Waals surface area contributed by atoms with Crippen LogP contribution in [0, 0.1) is 5.82 Å². The van der Waals surface area contributed by atoms with Crippen LogP contribution in [0.15, 0.2) is 34.9 Å². The van der Waals surface area contributed by atoms with Crippen LogP contribution in [0.2, 0.25) is 0 Å². The molecule has 7 nitrogen and oxygen atoms in total. The van der Waals surface area contributed by atoms with Gasteiger partial charge in [-0.2, -0.15) is 0 Å². The lowest BCUT2D eigenvalue weighted by Crippen LogP contribution is -2.51. The number of piperidine rings is 1. The zero-order chi connectivity index (χ0) is 20.4. The number of nitrogens with two attached hydrogens (primary N) is 1. The molecule has 2 aliphatic rings. The summed E-state index contributed by atoms with van der Waals surface area (Å²) in [4.78, 5) is 32.7. The van der Waals surface area contributed by atoms with Crippen molar-refractivity contribution in [2.45, 2.75) is 44.2 Å². The highest BCUT2D eigenvalue weighted by Crippen LogP contribution is 2.26. The molecule has 0 aliphatic carbocycles. The van der Waals surface area contributed by atoms with Gasteiger partial charge in [-0.05, 0) is 56.5 Å². The quantitative estimate of drug-likeness (QED) is 0.828. The van der Waals surface area contributed by atoms with Crippen LogP contribution >= 0.6 is 0 Å². The fraction of sp³-hybridized carbons (Fsp3) is 0.476. The summed E-state index contributed by atoms with van der Waals surface area (Å²) in [7, 11) is 0. The second-order valence-electron chi connectivity index (χ2n) is 7.74. The zero-order valence-corrected chi connectivity index (χ0v) is 16.2. The molecule has 2 aliphatic heterocycles. The van der Waals surface area contributed by atoms with Gasteiger partial charge in [-0.1, -0.05) is 0 Å². The Morgan fingerprint density at radius 3 is 2.55 bits per heavy atom. The van der Waals surface area contributed by atoms with Crippen LogP contribution in [0.5, 0.6) is 0 Å². The summed E-state index contributed by atoms with van der Waals surface area (Å²) in [5.74, 6) is -0.187. The van der Waals surface area contributed by atoms with Crippen LogP contribution < -0.4 is 5.73 Å². The highest BCUT2D eigenvalue weighted by Gasteiger charge is 2.36. The van der Waals surface area contributed by atoms with Crippen molar-refractivity contribution < 1.29 is 18.4 Å². The average molecular weight is 400 g/mol. The molecule has 8 heteroatoms. The van der Waals surface area contributed by atoms with Gasteiger partial charge in [0.05, 0.1) is 18.2 Å². The number of carbonyl (C=O) groups excluding carboxylic acids is 2. The maximum Gasteiger partial charge on any atom is 0.234 e. The van der Waals surface area contributed by atoms with E-state index >= 15 is 0 Å². The normalized spacial score (nSPS) is 20.9. The number of hydrogen-bond donors (Lipinski definition) is 1. The predicted octanol–water partition coefficient (Wildman–Crippen LogP) is 1.96. The molecule has 0 radical (unpaired) electrons. The molecule has 4 rings (SSSR count). The molecule has 0 bridgehead atoms. The van der Waals surface area contributed by atoms with Gasteiger partial charge in [0.2, 0.25) is 17.7 Å². The summed E-state index contributed by atoms with van der Waals surface area (Å²) in [6, 6.07) is 6.01. The van der Waals surface area contributed by atoms with Crippen LogP contribution in [-0.2, 0) is 16.0 Å². The second kappa shape index (κ2) is 8.32. The van der Waals surface area contributed by atoms with Crippen molar-refractivity contribution in [1.82, 2.24) is 14.8 Å². The number of rotatable bonds is 5. The molecule has 2 aromatic rings. The molecule has 29 heavy (non-hydrogen) atoms. The number of oxazole rings is 1. The van der Waals surface area contributed by atoms with E-state index in [1.165, 1.54) is 18.4 Å². The summed E-state index contributed by atoms with van der Waals surface area (Å²) in [5.41, 5.74) is 6.76. The second-order valence-corrected chi connectivity index (χ2v) is 7.74. The molecule has 2 saturated heterocycles. The van der Waals surface area contributed by atoms with E-state index in [0.717, 1.165) is 32.2 Å². The molecule has 154 valence electrons. The van der Waals surface area contributed by atoms with E-state index < -0.39 is 0 Å². The fourth-order valence-corrected chi connectivity index (χ4v) is 4.36. The van der Waals surface area contributed by atoms with E-state index in [1.807, 2.05) is 4.90 Å². The van der Waals surface area contributed by atoms with Crippen molar-refractivity contribution in [1.29, 1.82) is 0 Å². The molecule has 1 atom stereocenters. The lowest BCUT2D eigenvalue weighted by molar-refractivity contribution is -0.133. The van der Waals surface area contributed by atoms with Gasteiger partial charge < -0.3 is 15.1 Å². The first kappa shape index (κ1) is 19.6. The Balaban J connectivity index is 1.31. The van der Waals surface area contributed by atoms with Crippen LogP contribution in [-0.4, -0.2) is 58.3 Å². The Bertz CT molecular complexity index is 874. The van der Waals surface area contributed by atoms with Gasteiger partial charge in [-0.3, -0.25) is 14.5 Å². The Kier molecular flexibility index (Phi) is 5.62. The van der Waals surface area contributed by atoms with Gasteiger partial charge >= 0.3 is 0 Å². The number of amides is 2. The van der Waals surface area contributed by atoms with Gasteiger partial charge in [0.15, 0.2) is 0 Å². The minimum Gasteiger partial charge on any atom is -0.444 e. The Hall–Kier alpha value is -2.74. The Morgan fingerprint density at radius 1 is 1.14 bits per heavy atom. The lowest BCUT2D eigenvalue weighted by atomic mass is 10.0. The zero-order valence-electron chi connectivity index (χ0n) is 16.2. The SMILES string of the molecule is NC(=O)C1CCCN1C1CCN(C(=O)Cc2coc(-c3ccc(F)cc3)n2)CC1. The van der Waals surface area contributed by atoms with E-state index in [9.17, 15) is 14.0 Å². The van der Waals surface area contributed by atoms with E-state index in [2.05, 4.69) is 9.88 Å². The molecule has 0 saturated carbocycles. The molecular formula is C21H25FN4O3. The van der Waals surface area contributed by atoms with Crippen molar-refractivity contribution in [3.8, 4) is 11.5 Å². The number of likely N-dealkylation sites (tertiary alicyclic amines) is 2. The highest BCUT2D eigenvalue weighted by molar-refractivity contribution is 5.80. The van der Waals surface area contributed by atoms with Crippen molar-refractivity contribution in [2.24, 2.45) is 5.73 Å². The highest BCUT2D eigenvalue weighted by atomic mass is 19.1. The molecule has 1 aromatic heterocycles. The lowest BCUT2D eigenvalue weighted by Gasteiger charge is -2.38. The number of benzene rings is 1. The van der Waals surface area contributed by atoms with Gasteiger partial charge in [0.25, 0.3) is 0 Å². The number of primary amides is 1. The van der Waals surface area contributed by atoms with E-state index in [4.69, 9.17) is 10.2 Å². The van der Waals surface area contributed by atoms with Crippen LogP contribution in [0.3, 0.4) is 0 Å². The standard InChI is InChI=1S/C21H25FN4O3/c22-15-5-3-14(4-6-15)21-24-16(13-29-21)12-19(27)25-10-7-17(8-11-25)26-9-1-2-18(26)20(23)28/h3-6,13,17-18H,1-2,7-12H2,(H2,23,28). The predicted molar refractivity (Wildman–Crippen MR) is 104 cm³/mol. The van der Waals surface area contributed by atoms with Gasteiger partial charge in [-0.15, -0.1) is 0 Å². The van der Waals surface area contributed by atoms with E-state index in [-0.39, 0.29) is 30.1 Å². The van der Waals surface area contributed by atoms with Crippen LogP contribution in [0.4, 0.5) is 4.39 Å². The van der Waals surface area contributed by atoms with Crippen molar-refractivity contribution in [3.63, 3.8) is 0 Å². The minimum absolute atomic E-state index is 0.00952. The first-order valence-electron chi connectivity index (χ1n) is 10.0. The molecule has 1 unspecified atom stereocenters. The number of hydrogen-bond acceptors (Lipinski definition) is 5. The number of aromatic nitrogens is 1. The third kappa shape index (κ3) is 4.32. The van der Waals surface area contributed by atoms with Gasteiger partial charge in [0, 0.05) is 24.7 Å². The molecular weight excluding hydrogens is 375 g/mol. The third-order valence-electron chi connectivity index (χ3n) is 5.88. The van der Waals surface area contributed by atoms with E-state index in [0.29, 0.717) is 36.3 Å². The largest absolute Gasteiger partial charge is 0.444 e. The Labute approximate surface area is 168 Å². The molecule has 0 spiro atoms. The van der Waals surface area contributed by atoms with Crippen molar-refractivity contribution >= 4 is 11.8 Å². The van der Waals surface area contributed by atoms with Crippen LogP contribution in [0.25, 0.3) is 11.5 Å². The van der Waals surface area contributed by atoms with Gasteiger partial charge in [-0.25, -0.2) is 9.37 Å².